The van der Waals surface area contributed by atoms with Gasteiger partial charge in [-0.15, -0.1) is 0 Å². The number of carbonyl (C=O) groups excluding carboxylic acids is 1. The Bertz CT molecular complexity index is 658. The predicted octanol–water partition coefficient (Wildman–Crippen LogP) is 2.66. The molecule has 9 heteroatoms. The van der Waals surface area contributed by atoms with E-state index in [4.69, 9.17) is 11.6 Å². The van der Waals surface area contributed by atoms with E-state index < -0.39 is 10.8 Å². The zero-order valence-electron chi connectivity index (χ0n) is 9.58. The fourth-order valence-electron chi connectivity index (χ4n) is 1.31. The quantitative estimate of drug-likeness (QED) is 0.694. The molecular formula is C10H7ClN4O3S. The third-order valence-electron chi connectivity index (χ3n) is 2.15. The number of halogens is 1. The number of aromatic nitrogens is 2. The van der Waals surface area contributed by atoms with Crippen LogP contribution in [0, 0.1) is 17.0 Å². The summed E-state index contributed by atoms with van der Waals surface area (Å²) in [5.74, 6) is 0.106. The molecule has 0 aliphatic carbocycles. The van der Waals surface area contributed by atoms with Crippen molar-refractivity contribution in [2.45, 2.75) is 6.92 Å². The molecule has 0 aliphatic heterocycles. The van der Waals surface area contributed by atoms with Crippen LogP contribution in [0.3, 0.4) is 0 Å². The number of nitrogens with one attached hydrogen (secondary N) is 1. The van der Waals surface area contributed by atoms with E-state index in [9.17, 15) is 14.9 Å². The van der Waals surface area contributed by atoms with Gasteiger partial charge in [0.15, 0.2) is 0 Å². The van der Waals surface area contributed by atoms with Crippen molar-refractivity contribution in [1.29, 1.82) is 0 Å². The lowest BCUT2D eigenvalue weighted by molar-refractivity contribution is -0.384. The van der Waals surface area contributed by atoms with Gasteiger partial charge in [-0.1, -0.05) is 11.6 Å². The SMILES string of the molecule is Cc1nsc(NC(=O)c2ccc([N+](=O)[O-])c(Cl)c2)n1. The van der Waals surface area contributed by atoms with E-state index in [1.54, 1.807) is 6.92 Å². The van der Waals surface area contributed by atoms with Gasteiger partial charge in [0.2, 0.25) is 5.13 Å². The molecule has 1 amide bonds. The summed E-state index contributed by atoms with van der Waals surface area (Å²) in [5, 5.41) is 13.4. The van der Waals surface area contributed by atoms with Crippen molar-refractivity contribution in [3.8, 4) is 0 Å². The molecule has 2 rings (SSSR count). The first-order valence-corrected chi connectivity index (χ1v) is 6.18. The van der Waals surface area contributed by atoms with E-state index in [0.717, 1.165) is 11.5 Å². The summed E-state index contributed by atoms with van der Waals surface area (Å²) >= 11 is 6.78. The molecule has 0 saturated heterocycles. The van der Waals surface area contributed by atoms with Gasteiger partial charge in [-0.25, -0.2) is 4.98 Å². The Morgan fingerprint density at radius 1 is 1.53 bits per heavy atom. The van der Waals surface area contributed by atoms with Crippen molar-refractivity contribution in [2.24, 2.45) is 0 Å². The maximum atomic E-state index is 11.9. The molecule has 1 aromatic heterocycles. The number of aryl methyl sites for hydroxylation is 1. The van der Waals surface area contributed by atoms with Gasteiger partial charge >= 0.3 is 0 Å². The van der Waals surface area contributed by atoms with Gasteiger partial charge in [0, 0.05) is 23.2 Å². The summed E-state index contributed by atoms with van der Waals surface area (Å²) in [6.07, 6.45) is 0. The Labute approximate surface area is 116 Å². The Morgan fingerprint density at radius 2 is 2.26 bits per heavy atom. The van der Waals surface area contributed by atoms with Crippen molar-refractivity contribution < 1.29 is 9.72 Å². The molecule has 2 aromatic rings. The number of amides is 1. The summed E-state index contributed by atoms with van der Waals surface area (Å²) in [6.45, 7) is 1.70. The van der Waals surface area contributed by atoms with Crippen LogP contribution < -0.4 is 5.32 Å². The highest BCUT2D eigenvalue weighted by atomic mass is 35.5. The topological polar surface area (TPSA) is 98.0 Å². The smallest absolute Gasteiger partial charge is 0.287 e. The highest BCUT2D eigenvalue weighted by Crippen LogP contribution is 2.25. The number of benzene rings is 1. The second-order valence-corrected chi connectivity index (χ2v) is 4.68. The van der Waals surface area contributed by atoms with E-state index in [2.05, 4.69) is 14.7 Å². The zero-order chi connectivity index (χ0) is 14.0. The average molecular weight is 299 g/mol. The average Bonchev–Trinajstić information content (AvgIpc) is 2.74. The van der Waals surface area contributed by atoms with Crippen LogP contribution in [0.4, 0.5) is 10.8 Å². The zero-order valence-corrected chi connectivity index (χ0v) is 11.2. The molecule has 0 saturated carbocycles. The second kappa shape index (κ2) is 5.29. The van der Waals surface area contributed by atoms with Gasteiger partial charge in [0.05, 0.1) is 4.92 Å². The van der Waals surface area contributed by atoms with Gasteiger partial charge in [-0.05, 0) is 19.1 Å². The van der Waals surface area contributed by atoms with Crippen LogP contribution >= 0.6 is 23.1 Å². The molecule has 1 heterocycles. The lowest BCUT2D eigenvalue weighted by atomic mass is 10.2. The first kappa shape index (κ1) is 13.4. The molecule has 0 radical (unpaired) electrons. The molecule has 98 valence electrons. The number of rotatable bonds is 3. The van der Waals surface area contributed by atoms with Gasteiger partial charge in [-0.2, -0.15) is 4.37 Å². The normalized spacial score (nSPS) is 10.2. The monoisotopic (exact) mass is 298 g/mol. The van der Waals surface area contributed by atoms with Crippen molar-refractivity contribution >= 4 is 39.9 Å². The largest absolute Gasteiger partial charge is 0.297 e. The summed E-state index contributed by atoms with van der Waals surface area (Å²) in [5.41, 5.74) is -0.0339. The third kappa shape index (κ3) is 3.04. The molecule has 0 spiro atoms. The van der Waals surface area contributed by atoms with Crippen LogP contribution in [0.15, 0.2) is 18.2 Å². The maximum absolute atomic E-state index is 11.9. The molecule has 0 fully saturated rings. The molecule has 0 unspecified atom stereocenters. The standard InChI is InChI=1S/C10H7ClN4O3S/c1-5-12-10(19-14-5)13-9(16)6-2-3-8(15(17)18)7(11)4-6/h2-4H,1H3,(H,12,13,14,16). The van der Waals surface area contributed by atoms with Crippen molar-refractivity contribution in [1.82, 2.24) is 9.36 Å². The minimum Gasteiger partial charge on any atom is -0.297 e. The highest BCUT2D eigenvalue weighted by Gasteiger charge is 2.16. The molecule has 0 aliphatic rings. The van der Waals surface area contributed by atoms with Gasteiger partial charge in [0.1, 0.15) is 10.8 Å². The van der Waals surface area contributed by atoms with Crippen LogP contribution in [0.2, 0.25) is 5.02 Å². The molecule has 7 nitrogen and oxygen atoms in total. The molecular weight excluding hydrogens is 292 g/mol. The first-order valence-electron chi connectivity index (χ1n) is 5.03. The molecule has 19 heavy (non-hydrogen) atoms. The molecule has 1 N–H and O–H groups in total. The lowest BCUT2D eigenvalue weighted by Crippen LogP contribution is -2.11. The summed E-state index contributed by atoms with van der Waals surface area (Å²) in [4.78, 5) is 25.8. The summed E-state index contributed by atoms with van der Waals surface area (Å²) in [7, 11) is 0. The van der Waals surface area contributed by atoms with Crippen molar-refractivity contribution in [2.75, 3.05) is 5.32 Å². The number of carbonyl (C=O) groups is 1. The van der Waals surface area contributed by atoms with Crippen molar-refractivity contribution in [3.05, 3.63) is 44.7 Å². The Balaban J connectivity index is 2.20. The lowest BCUT2D eigenvalue weighted by Gasteiger charge is -2.02. The molecule has 0 bridgehead atoms. The van der Waals surface area contributed by atoms with Gasteiger partial charge in [0.25, 0.3) is 11.6 Å². The van der Waals surface area contributed by atoms with Crippen LogP contribution in [0.5, 0.6) is 0 Å². The Morgan fingerprint density at radius 3 is 2.79 bits per heavy atom. The fourth-order valence-corrected chi connectivity index (χ4v) is 2.13. The van der Waals surface area contributed by atoms with E-state index in [-0.39, 0.29) is 16.3 Å². The van der Waals surface area contributed by atoms with E-state index in [0.29, 0.717) is 11.0 Å². The number of anilines is 1. The van der Waals surface area contributed by atoms with E-state index in [1.807, 2.05) is 0 Å². The first-order chi connectivity index (χ1) is 8.97. The Hall–Kier alpha value is -2.06. The van der Waals surface area contributed by atoms with Crippen LogP contribution in [0.1, 0.15) is 16.2 Å². The van der Waals surface area contributed by atoms with Gasteiger partial charge < -0.3 is 0 Å². The number of nitrogens with zero attached hydrogens (tertiary/aromatic N) is 3. The van der Waals surface area contributed by atoms with Crippen LogP contribution in [-0.2, 0) is 0 Å². The Kier molecular flexibility index (Phi) is 3.72. The van der Waals surface area contributed by atoms with E-state index >= 15 is 0 Å². The number of nitro benzene ring substituents is 1. The highest BCUT2D eigenvalue weighted by molar-refractivity contribution is 7.09. The minimum atomic E-state index is -0.613. The number of hydrogen-bond donors (Lipinski definition) is 1. The fraction of sp³-hybridized carbons (Fsp3) is 0.100. The summed E-state index contributed by atoms with van der Waals surface area (Å²) in [6, 6.07) is 3.75. The third-order valence-corrected chi connectivity index (χ3v) is 3.18. The van der Waals surface area contributed by atoms with Crippen LogP contribution in [-0.4, -0.2) is 20.2 Å². The molecule has 0 atom stereocenters. The van der Waals surface area contributed by atoms with Crippen molar-refractivity contribution in [3.63, 3.8) is 0 Å². The maximum Gasteiger partial charge on any atom is 0.287 e. The van der Waals surface area contributed by atoms with Gasteiger partial charge in [-0.3, -0.25) is 20.2 Å². The van der Waals surface area contributed by atoms with Crippen LogP contribution in [0.25, 0.3) is 0 Å². The number of hydrogen-bond acceptors (Lipinski definition) is 6. The minimum absolute atomic E-state index is 0.0916. The van der Waals surface area contributed by atoms with E-state index in [1.165, 1.54) is 18.2 Å². The number of nitro groups is 1. The molecule has 1 aromatic carbocycles. The summed E-state index contributed by atoms with van der Waals surface area (Å²) < 4.78 is 3.92. The second-order valence-electron chi connectivity index (χ2n) is 3.52. The predicted molar refractivity (Wildman–Crippen MR) is 70.7 cm³/mol.